The van der Waals surface area contributed by atoms with Crippen molar-refractivity contribution in [3.63, 3.8) is 0 Å². The SMILES string of the molecule is Cc1cc(SCC(=O)Nc2cccc(S(N)(=O)=O)c2C)c(C)cc1Br. The molecule has 0 radical (unpaired) electrons. The third kappa shape index (κ3) is 5.07. The number of carbonyl (C=O) groups is 1. The fraction of sp³-hybridized carbons (Fsp3) is 0.235. The van der Waals surface area contributed by atoms with E-state index in [4.69, 9.17) is 5.14 Å². The van der Waals surface area contributed by atoms with E-state index in [1.54, 1.807) is 19.1 Å². The van der Waals surface area contributed by atoms with Gasteiger partial charge in [-0.05, 0) is 61.7 Å². The molecule has 0 saturated heterocycles. The summed E-state index contributed by atoms with van der Waals surface area (Å²) in [6.45, 7) is 5.60. The van der Waals surface area contributed by atoms with E-state index in [2.05, 4.69) is 21.2 Å². The summed E-state index contributed by atoms with van der Waals surface area (Å²) in [7, 11) is -3.82. The second-order valence-electron chi connectivity index (χ2n) is 5.68. The van der Waals surface area contributed by atoms with Crippen LogP contribution in [-0.4, -0.2) is 20.1 Å². The maximum absolute atomic E-state index is 12.2. The molecule has 1 amide bonds. The number of sulfonamides is 1. The molecule has 0 aliphatic carbocycles. The predicted molar refractivity (Wildman–Crippen MR) is 106 cm³/mol. The minimum atomic E-state index is -3.82. The third-order valence-corrected chi connectivity index (χ3v) is 6.75. The zero-order valence-corrected chi connectivity index (χ0v) is 17.3. The van der Waals surface area contributed by atoms with Gasteiger partial charge >= 0.3 is 0 Å². The van der Waals surface area contributed by atoms with E-state index < -0.39 is 10.0 Å². The van der Waals surface area contributed by atoms with Crippen LogP contribution in [-0.2, 0) is 14.8 Å². The van der Waals surface area contributed by atoms with Crippen LogP contribution in [0.15, 0.2) is 44.6 Å². The lowest BCUT2D eigenvalue weighted by Gasteiger charge is -2.12. The number of halogens is 1. The van der Waals surface area contributed by atoms with Gasteiger partial charge in [0.25, 0.3) is 0 Å². The molecule has 5 nitrogen and oxygen atoms in total. The minimum absolute atomic E-state index is 0.0114. The van der Waals surface area contributed by atoms with Crippen molar-refractivity contribution in [3.05, 3.63) is 51.5 Å². The van der Waals surface area contributed by atoms with Crippen molar-refractivity contribution in [3.8, 4) is 0 Å². The highest BCUT2D eigenvalue weighted by atomic mass is 79.9. The van der Waals surface area contributed by atoms with Gasteiger partial charge in [-0.15, -0.1) is 11.8 Å². The van der Waals surface area contributed by atoms with Crippen LogP contribution in [0.4, 0.5) is 5.69 Å². The van der Waals surface area contributed by atoms with Crippen LogP contribution in [0.1, 0.15) is 16.7 Å². The molecule has 0 aromatic heterocycles. The van der Waals surface area contributed by atoms with Crippen molar-refractivity contribution in [2.24, 2.45) is 5.14 Å². The summed E-state index contributed by atoms with van der Waals surface area (Å²) in [6, 6.07) is 8.68. The molecule has 2 aromatic rings. The second kappa shape index (κ2) is 7.90. The van der Waals surface area contributed by atoms with Crippen LogP contribution >= 0.6 is 27.7 Å². The summed E-state index contributed by atoms with van der Waals surface area (Å²) < 4.78 is 24.1. The molecule has 2 aromatic carbocycles. The Kier molecular flexibility index (Phi) is 6.31. The number of thioether (sulfide) groups is 1. The maximum Gasteiger partial charge on any atom is 0.238 e. The lowest BCUT2D eigenvalue weighted by molar-refractivity contribution is -0.113. The van der Waals surface area contributed by atoms with E-state index in [0.717, 1.165) is 20.5 Å². The van der Waals surface area contributed by atoms with E-state index in [1.165, 1.54) is 17.8 Å². The molecule has 0 aliphatic rings. The molecule has 0 spiro atoms. The molecule has 134 valence electrons. The molecule has 0 fully saturated rings. The summed E-state index contributed by atoms with van der Waals surface area (Å²) in [4.78, 5) is 13.3. The largest absolute Gasteiger partial charge is 0.325 e. The summed E-state index contributed by atoms with van der Waals surface area (Å²) in [5.41, 5.74) is 3.06. The normalized spacial score (nSPS) is 11.4. The van der Waals surface area contributed by atoms with Crippen LogP contribution in [0.3, 0.4) is 0 Å². The topological polar surface area (TPSA) is 89.3 Å². The fourth-order valence-corrected chi connectivity index (χ4v) is 4.47. The van der Waals surface area contributed by atoms with E-state index in [0.29, 0.717) is 11.3 Å². The number of nitrogens with two attached hydrogens (primary N) is 1. The number of benzene rings is 2. The van der Waals surface area contributed by atoms with Crippen molar-refractivity contribution in [2.75, 3.05) is 11.1 Å². The lowest BCUT2D eigenvalue weighted by Crippen LogP contribution is -2.18. The molecule has 3 N–H and O–H groups in total. The Morgan fingerprint density at radius 3 is 2.52 bits per heavy atom. The highest BCUT2D eigenvalue weighted by Crippen LogP contribution is 2.29. The van der Waals surface area contributed by atoms with Gasteiger partial charge in [0.1, 0.15) is 0 Å². The number of hydrogen-bond donors (Lipinski definition) is 2. The van der Waals surface area contributed by atoms with Crippen LogP contribution in [0.5, 0.6) is 0 Å². The van der Waals surface area contributed by atoms with Crippen LogP contribution in [0, 0.1) is 20.8 Å². The van der Waals surface area contributed by atoms with Crippen LogP contribution in [0.2, 0.25) is 0 Å². The fourth-order valence-electron chi connectivity index (χ4n) is 2.30. The van der Waals surface area contributed by atoms with E-state index in [-0.39, 0.29) is 16.6 Å². The number of hydrogen-bond acceptors (Lipinski definition) is 4. The first-order chi connectivity index (χ1) is 11.6. The van der Waals surface area contributed by atoms with Crippen LogP contribution in [0.25, 0.3) is 0 Å². The average molecular weight is 443 g/mol. The van der Waals surface area contributed by atoms with Crippen molar-refractivity contribution in [1.29, 1.82) is 0 Å². The number of rotatable bonds is 5. The zero-order valence-electron chi connectivity index (χ0n) is 14.1. The Labute approximate surface area is 160 Å². The predicted octanol–water partition coefficient (Wildman–Crippen LogP) is 3.75. The standard InChI is InChI=1S/C17H19BrN2O3S2/c1-10-8-15(11(2)7-13(10)18)24-9-17(21)20-14-5-4-6-16(12(14)3)25(19,22)23/h4-8H,9H2,1-3H3,(H,20,21)(H2,19,22,23). The summed E-state index contributed by atoms with van der Waals surface area (Å²) in [5.74, 6) is 0.0145. The number of carbonyl (C=O) groups excluding carboxylic acids is 1. The molecule has 0 atom stereocenters. The average Bonchev–Trinajstić information content (AvgIpc) is 2.50. The number of aryl methyl sites for hydroxylation is 2. The molecule has 0 heterocycles. The molecule has 2 rings (SSSR count). The van der Waals surface area contributed by atoms with Gasteiger partial charge < -0.3 is 5.32 Å². The summed E-state index contributed by atoms with van der Waals surface area (Å²) in [5, 5.41) is 7.94. The molecular formula is C17H19BrN2O3S2. The maximum atomic E-state index is 12.2. The van der Waals surface area contributed by atoms with Gasteiger partial charge in [0, 0.05) is 15.1 Å². The lowest BCUT2D eigenvalue weighted by atomic mass is 10.2. The van der Waals surface area contributed by atoms with Crippen molar-refractivity contribution >= 4 is 49.3 Å². The van der Waals surface area contributed by atoms with Crippen molar-refractivity contribution in [2.45, 2.75) is 30.6 Å². The highest BCUT2D eigenvalue weighted by Gasteiger charge is 2.15. The zero-order chi connectivity index (χ0) is 18.8. The quantitative estimate of drug-likeness (QED) is 0.689. The molecule has 8 heteroatoms. The Morgan fingerprint density at radius 2 is 1.88 bits per heavy atom. The van der Waals surface area contributed by atoms with Gasteiger partial charge in [-0.25, -0.2) is 13.6 Å². The van der Waals surface area contributed by atoms with E-state index in [9.17, 15) is 13.2 Å². The smallest absolute Gasteiger partial charge is 0.238 e. The third-order valence-electron chi connectivity index (χ3n) is 3.68. The van der Waals surface area contributed by atoms with Crippen molar-refractivity contribution in [1.82, 2.24) is 0 Å². The molecular weight excluding hydrogens is 424 g/mol. The first-order valence-electron chi connectivity index (χ1n) is 7.41. The Bertz CT molecular complexity index is 928. The highest BCUT2D eigenvalue weighted by molar-refractivity contribution is 9.10. The Hall–Kier alpha value is -1.35. The number of nitrogens with one attached hydrogen (secondary N) is 1. The van der Waals surface area contributed by atoms with Gasteiger partial charge in [-0.2, -0.15) is 0 Å². The van der Waals surface area contributed by atoms with Gasteiger partial charge in [0.05, 0.1) is 10.6 Å². The van der Waals surface area contributed by atoms with Gasteiger partial charge in [0.2, 0.25) is 15.9 Å². The van der Waals surface area contributed by atoms with Crippen molar-refractivity contribution < 1.29 is 13.2 Å². The van der Waals surface area contributed by atoms with E-state index >= 15 is 0 Å². The number of primary sulfonamides is 1. The Morgan fingerprint density at radius 1 is 1.20 bits per heavy atom. The monoisotopic (exact) mass is 442 g/mol. The molecule has 0 saturated carbocycles. The first kappa shape index (κ1) is 20.0. The minimum Gasteiger partial charge on any atom is -0.325 e. The molecule has 0 bridgehead atoms. The number of amides is 1. The summed E-state index contributed by atoms with van der Waals surface area (Å²) in [6.07, 6.45) is 0. The Balaban J connectivity index is 2.10. The van der Waals surface area contributed by atoms with Crippen LogP contribution < -0.4 is 10.5 Å². The molecule has 25 heavy (non-hydrogen) atoms. The van der Waals surface area contributed by atoms with Gasteiger partial charge in [-0.1, -0.05) is 22.0 Å². The van der Waals surface area contributed by atoms with Gasteiger partial charge in [0.15, 0.2) is 0 Å². The molecule has 0 unspecified atom stereocenters. The summed E-state index contributed by atoms with van der Waals surface area (Å²) >= 11 is 4.92. The molecule has 0 aliphatic heterocycles. The van der Waals surface area contributed by atoms with E-state index in [1.807, 2.05) is 26.0 Å². The first-order valence-corrected chi connectivity index (χ1v) is 10.7. The van der Waals surface area contributed by atoms with Gasteiger partial charge in [-0.3, -0.25) is 4.79 Å². The second-order valence-corrected chi connectivity index (χ2v) is 9.08. The number of anilines is 1.